The number of nitrogens with one attached hydrogen (secondary N) is 1. The molecule has 9 nitrogen and oxygen atoms in total. The van der Waals surface area contributed by atoms with Crippen molar-refractivity contribution in [3.05, 3.63) is 82.9 Å². The summed E-state index contributed by atoms with van der Waals surface area (Å²) in [5.74, 6) is -0.885. The van der Waals surface area contributed by atoms with Crippen LogP contribution >= 0.6 is 0 Å². The van der Waals surface area contributed by atoms with E-state index in [1.54, 1.807) is 11.5 Å². The molecule has 0 bridgehead atoms. The third kappa shape index (κ3) is 4.68. The van der Waals surface area contributed by atoms with E-state index in [-0.39, 0.29) is 30.4 Å². The molecule has 0 spiro atoms. The largest absolute Gasteiger partial charge is 0.494 e. The molecule has 1 N–H and O–H groups in total. The first-order valence-corrected chi connectivity index (χ1v) is 11.8. The van der Waals surface area contributed by atoms with Gasteiger partial charge in [0, 0.05) is 12.1 Å². The van der Waals surface area contributed by atoms with Crippen molar-refractivity contribution in [2.45, 2.75) is 45.9 Å². The van der Waals surface area contributed by atoms with Gasteiger partial charge in [-0.3, -0.25) is 9.59 Å². The van der Waals surface area contributed by atoms with Gasteiger partial charge in [-0.15, -0.1) is 0 Å². The normalized spacial score (nSPS) is 16.9. The Morgan fingerprint density at radius 2 is 1.86 bits per heavy atom. The van der Waals surface area contributed by atoms with E-state index < -0.39 is 17.4 Å². The minimum absolute atomic E-state index is 0.0762. The molecule has 0 saturated heterocycles. The first-order chi connectivity index (χ1) is 17.3. The number of aryl methyl sites for hydroxylation is 1. The Kier molecular flexibility index (Phi) is 7.10. The van der Waals surface area contributed by atoms with Crippen LogP contribution in [0.4, 0.5) is 0 Å². The first kappa shape index (κ1) is 25.0. The molecular weight excluding hydrogens is 460 g/mol. The van der Waals surface area contributed by atoms with Crippen LogP contribution < -0.4 is 10.1 Å². The van der Waals surface area contributed by atoms with Crippen LogP contribution in [0.25, 0.3) is 0 Å². The highest BCUT2D eigenvalue weighted by atomic mass is 16.5. The number of imidazole rings is 1. The number of amides is 2. The number of para-hydroxylation sites is 1. The van der Waals surface area contributed by atoms with Crippen molar-refractivity contribution in [3.8, 4) is 5.75 Å². The predicted molar refractivity (Wildman–Crippen MR) is 132 cm³/mol. The second-order valence-electron chi connectivity index (χ2n) is 8.94. The molecule has 4 rings (SSSR count). The summed E-state index contributed by atoms with van der Waals surface area (Å²) < 4.78 is 12.1. The van der Waals surface area contributed by atoms with Gasteiger partial charge in [0.05, 0.1) is 33.1 Å². The van der Waals surface area contributed by atoms with Crippen molar-refractivity contribution in [2.24, 2.45) is 0 Å². The summed E-state index contributed by atoms with van der Waals surface area (Å²) in [6.07, 6.45) is 1.40. The fraction of sp³-hybridized carbons (Fsp3) is 0.333. The van der Waals surface area contributed by atoms with Crippen LogP contribution in [-0.2, 0) is 29.2 Å². The highest BCUT2D eigenvalue weighted by molar-refractivity contribution is 6.06. The van der Waals surface area contributed by atoms with E-state index in [1.807, 2.05) is 62.4 Å². The Morgan fingerprint density at radius 1 is 1.14 bits per heavy atom. The van der Waals surface area contributed by atoms with Gasteiger partial charge in [-0.1, -0.05) is 48.0 Å². The molecule has 0 unspecified atom stereocenters. The summed E-state index contributed by atoms with van der Waals surface area (Å²) >= 11 is 0. The average Bonchev–Trinajstić information content (AvgIpc) is 3.30. The maximum atomic E-state index is 13.9. The lowest BCUT2D eigenvalue weighted by molar-refractivity contribution is -0.133. The minimum atomic E-state index is -1.26. The lowest BCUT2D eigenvalue weighted by Crippen LogP contribution is -2.63. The topological polar surface area (TPSA) is 103 Å². The maximum absolute atomic E-state index is 13.9. The third-order valence-electron chi connectivity index (χ3n) is 6.40. The maximum Gasteiger partial charge on any atom is 0.359 e. The van der Waals surface area contributed by atoms with Gasteiger partial charge in [0.25, 0.3) is 5.91 Å². The number of benzene rings is 2. The summed E-state index contributed by atoms with van der Waals surface area (Å²) in [6, 6.07) is 15.3. The number of carbonyl (C=O) groups excluding carboxylic acids is 3. The quantitative estimate of drug-likeness (QED) is 0.487. The zero-order valence-electron chi connectivity index (χ0n) is 20.9. The Balaban J connectivity index is 1.71. The van der Waals surface area contributed by atoms with Gasteiger partial charge >= 0.3 is 5.97 Å². The number of esters is 1. The molecule has 1 aliphatic rings. The molecule has 0 saturated carbocycles. The smallest absolute Gasteiger partial charge is 0.359 e. The van der Waals surface area contributed by atoms with Gasteiger partial charge in [-0.05, 0) is 32.4 Å². The molecule has 36 heavy (non-hydrogen) atoms. The van der Waals surface area contributed by atoms with Gasteiger partial charge in [-0.2, -0.15) is 0 Å². The fourth-order valence-electron chi connectivity index (χ4n) is 4.36. The molecular formula is C27H30N4O5. The van der Waals surface area contributed by atoms with Crippen LogP contribution in [0.5, 0.6) is 5.75 Å². The SMILES string of the molecule is CCOc1ccccc1CN1C(=O)c2c(C(=O)OC)ncn2C[C@]1(C)C(=O)NCc1ccc(C)cc1. The molecule has 3 aromatic rings. The van der Waals surface area contributed by atoms with E-state index in [4.69, 9.17) is 9.47 Å². The summed E-state index contributed by atoms with van der Waals surface area (Å²) in [7, 11) is 1.24. The summed E-state index contributed by atoms with van der Waals surface area (Å²) in [6.45, 7) is 6.60. The van der Waals surface area contributed by atoms with E-state index in [9.17, 15) is 14.4 Å². The molecule has 0 radical (unpaired) electrons. The number of methoxy groups -OCH3 is 1. The van der Waals surface area contributed by atoms with Gasteiger partial charge in [0.1, 0.15) is 17.0 Å². The molecule has 2 heterocycles. The molecule has 188 valence electrons. The molecule has 1 atom stereocenters. The number of fused-ring (bicyclic) bond motifs is 1. The van der Waals surface area contributed by atoms with E-state index >= 15 is 0 Å². The Bertz CT molecular complexity index is 1280. The van der Waals surface area contributed by atoms with Gasteiger partial charge in [0.2, 0.25) is 5.91 Å². The molecule has 9 heteroatoms. The highest BCUT2D eigenvalue weighted by Crippen LogP contribution is 2.32. The van der Waals surface area contributed by atoms with Crippen molar-refractivity contribution >= 4 is 17.8 Å². The monoisotopic (exact) mass is 490 g/mol. The molecule has 1 aliphatic heterocycles. The number of aromatic nitrogens is 2. The third-order valence-corrected chi connectivity index (χ3v) is 6.40. The van der Waals surface area contributed by atoms with Crippen molar-refractivity contribution in [1.82, 2.24) is 19.8 Å². The van der Waals surface area contributed by atoms with Crippen LogP contribution in [0.1, 0.15) is 51.5 Å². The highest BCUT2D eigenvalue weighted by Gasteiger charge is 2.49. The molecule has 0 fully saturated rings. The van der Waals surface area contributed by atoms with Gasteiger partial charge < -0.3 is 24.3 Å². The zero-order chi connectivity index (χ0) is 25.9. The minimum Gasteiger partial charge on any atom is -0.494 e. The number of ether oxygens (including phenoxy) is 2. The van der Waals surface area contributed by atoms with E-state index in [1.165, 1.54) is 18.3 Å². The number of hydrogen-bond acceptors (Lipinski definition) is 6. The van der Waals surface area contributed by atoms with Crippen LogP contribution in [0.15, 0.2) is 54.9 Å². The van der Waals surface area contributed by atoms with Crippen LogP contribution in [0, 0.1) is 6.92 Å². The standard InChI is InChI=1S/C27H30N4O5/c1-5-36-21-9-7-6-8-20(21)15-31-24(32)23-22(25(33)35-4)29-17-30(23)16-27(31,3)26(34)28-14-19-12-10-18(2)11-13-19/h6-13,17H,5,14-16H2,1-4H3,(H,28,34)/t27-/m1/s1. The van der Waals surface area contributed by atoms with E-state index in [2.05, 4.69) is 10.3 Å². The zero-order valence-corrected chi connectivity index (χ0v) is 20.9. The Hall–Kier alpha value is -4.14. The number of rotatable bonds is 8. The molecule has 2 aromatic carbocycles. The summed E-state index contributed by atoms with van der Waals surface area (Å²) in [4.78, 5) is 45.4. The lowest BCUT2D eigenvalue weighted by atomic mass is 9.93. The van der Waals surface area contributed by atoms with Gasteiger partial charge in [0.15, 0.2) is 5.69 Å². The van der Waals surface area contributed by atoms with Crippen molar-refractivity contribution in [2.75, 3.05) is 13.7 Å². The second kappa shape index (κ2) is 10.2. The Morgan fingerprint density at radius 3 is 2.56 bits per heavy atom. The second-order valence-corrected chi connectivity index (χ2v) is 8.94. The van der Waals surface area contributed by atoms with E-state index in [0.29, 0.717) is 18.9 Å². The van der Waals surface area contributed by atoms with Crippen molar-refractivity contribution in [1.29, 1.82) is 0 Å². The summed E-state index contributed by atoms with van der Waals surface area (Å²) in [5, 5.41) is 2.99. The molecule has 2 amide bonds. The lowest BCUT2D eigenvalue weighted by Gasteiger charge is -2.44. The molecule has 1 aromatic heterocycles. The van der Waals surface area contributed by atoms with E-state index in [0.717, 1.165) is 16.7 Å². The van der Waals surface area contributed by atoms with Gasteiger partial charge in [-0.25, -0.2) is 9.78 Å². The number of nitrogens with zero attached hydrogens (tertiary/aromatic N) is 3. The molecule has 0 aliphatic carbocycles. The van der Waals surface area contributed by atoms with Crippen LogP contribution in [0.3, 0.4) is 0 Å². The van der Waals surface area contributed by atoms with Crippen molar-refractivity contribution in [3.63, 3.8) is 0 Å². The number of carbonyl (C=O) groups is 3. The predicted octanol–water partition coefficient (Wildman–Crippen LogP) is 3.11. The average molecular weight is 491 g/mol. The van der Waals surface area contributed by atoms with Crippen molar-refractivity contribution < 1.29 is 23.9 Å². The summed E-state index contributed by atoms with van der Waals surface area (Å²) in [5.41, 5.74) is 1.58. The first-order valence-electron chi connectivity index (χ1n) is 11.8. The fourth-order valence-corrected chi connectivity index (χ4v) is 4.36. The Labute approximate surface area is 210 Å². The number of hydrogen-bond donors (Lipinski definition) is 1. The van der Waals surface area contributed by atoms with Crippen LogP contribution in [-0.4, -0.2) is 51.5 Å². The van der Waals surface area contributed by atoms with Crippen LogP contribution in [0.2, 0.25) is 0 Å².